The van der Waals surface area contributed by atoms with Crippen molar-refractivity contribution in [2.24, 2.45) is 5.92 Å². The highest BCUT2D eigenvalue weighted by atomic mass is 19.4. The Morgan fingerprint density at radius 2 is 1.95 bits per heavy atom. The van der Waals surface area contributed by atoms with E-state index in [1.807, 2.05) is 6.92 Å². The third kappa shape index (κ3) is 3.69. The summed E-state index contributed by atoms with van der Waals surface area (Å²) in [6.45, 7) is 2.28. The lowest BCUT2D eigenvalue weighted by Crippen LogP contribution is -2.36. The van der Waals surface area contributed by atoms with Crippen molar-refractivity contribution in [2.75, 3.05) is 0 Å². The monoisotopic (exact) mass is 275 g/mol. The van der Waals surface area contributed by atoms with Crippen LogP contribution in [0, 0.1) is 11.7 Å². The maximum Gasteiger partial charge on any atom is 0.416 e. The van der Waals surface area contributed by atoms with Crippen LogP contribution in [0.25, 0.3) is 0 Å². The minimum atomic E-state index is -4.50. The first-order chi connectivity index (χ1) is 8.86. The summed E-state index contributed by atoms with van der Waals surface area (Å²) in [4.78, 5) is 0. The van der Waals surface area contributed by atoms with Gasteiger partial charge in [0.25, 0.3) is 0 Å². The van der Waals surface area contributed by atoms with Crippen LogP contribution in [0.5, 0.6) is 0 Å². The summed E-state index contributed by atoms with van der Waals surface area (Å²) in [6, 6.07) is 2.93. The first-order valence-electron chi connectivity index (χ1n) is 6.46. The summed E-state index contributed by atoms with van der Waals surface area (Å²) in [7, 11) is 0. The van der Waals surface area contributed by atoms with Crippen LogP contribution in [0.15, 0.2) is 18.2 Å². The van der Waals surface area contributed by atoms with E-state index in [0.29, 0.717) is 17.5 Å². The highest BCUT2D eigenvalue weighted by Crippen LogP contribution is 2.31. The Hall–Kier alpha value is -1.10. The van der Waals surface area contributed by atoms with Crippen molar-refractivity contribution in [3.05, 3.63) is 35.1 Å². The van der Waals surface area contributed by atoms with E-state index in [4.69, 9.17) is 0 Å². The van der Waals surface area contributed by atoms with Gasteiger partial charge in [-0.05, 0) is 49.4 Å². The van der Waals surface area contributed by atoms with Gasteiger partial charge in [0.15, 0.2) is 0 Å². The smallest absolute Gasteiger partial charge is 0.310 e. The first-order valence-corrected chi connectivity index (χ1v) is 6.46. The second-order valence-corrected chi connectivity index (χ2v) is 5.21. The molecule has 0 saturated heterocycles. The predicted molar refractivity (Wildman–Crippen MR) is 65.0 cm³/mol. The molecule has 0 aromatic heterocycles. The summed E-state index contributed by atoms with van der Waals surface area (Å²) in [5.74, 6) is -0.251. The lowest BCUT2D eigenvalue weighted by Gasteiger charge is -2.32. The Kier molecular flexibility index (Phi) is 4.13. The second-order valence-electron chi connectivity index (χ2n) is 5.21. The number of alkyl halides is 3. The minimum Gasteiger partial charge on any atom is -0.310 e. The van der Waals surface area contributed by atoms with E-state index < -0.39 is 17.6 Å². The second kappa shape index (κ2) is 5.49. The third-order valence-corrected chi connectivity index (χ3v) is 3.77. The number of rotatable bonds is 4. The minimum absolute atomic E-state index is 0.256. The molecule has 0 spiro atoms. The van der Waals surface area contributed by atoms with Gasteiger partial charge in [0.1, 0.15) is 5.82 Å². The van der Waals surface area contributed by atoms with Crippen molar-refractivity contribution in [2.45, 2.75) is 44.9 Å². The van der Waals surface area contributed by atoms with Crippen molar-refractivity contribution < 1.29 is 17.6 Å². The first kappa shape index (κ1) is 14.3. The van der Waals surface area contributed by atoms with Crippen molar-refractivity contribution in [3.63, 3.8) is 0 Å². The molecular weight excluding hydrogens is 258 g/mol. The molecule has 1 nitrogen and oxygen atoms in total. The molecule has 0 heterocycles. The zero-order valence-electron chi connectivity index (χ0n) is 10.7. The fourth-order valence-electron chi connectivity index (χ4n) is 2.30. The van der Waals surface area contributed by atoms with Gasteiger partial charge in [-0.3, -0.25) is 0 Å². The van der Waals surface area contributed by atoms with Gasteiger partial charge in [-0.2, -0.15) is 13.2 Å². The molecule has 1 saturated carbocycles. The fraction of sp³-hybridized carbons (Fsp3) is 0.571. The molecule has 1 fully saturated rings. The van der Waals surface area contributed by atoms with Crippen molar-refractivity contribution in [3.8, 4) is 0 Å². The molecule has 1 aromatic carbocycles. The standard InChI is InChI=1S/C14H17F4N/c1-9(11-3-2-4-11)19-8-10-5-12(14(16,17)18)7-13(15)6-10/h5-7,9,11,19H,2-4,8H2,1H3. The summed E-state index contributed by atoms with van der Waals surface area (Å²) in [6.07, 6.45) is -0.971. The number of nitrogens with one attached hydrogen (secondary N) is 1. The number of hydrogen-bond acceptors (Lipinski definition) is 1. The molecule has 1 aliphatic rings. The molecule has 5 heteroatoms. The lowest BCUT2D eigenvalue weighted by molar-refractivity contribution is -0.137. The molecule has 1 aliphatic carbocycles. The fourth-order valence-corrected chi connectivity index (χ4v) is 2.30. The van der Waals surface area contributed by atoms with Gasteiger partial charge < -0.3 is 5.32 Å². The summed E-state index contributed by atoms with van der Waals surface area (Å²) < 4.78 is 50.8. The molecule has 19 heavy (non-hydrogen) atoms. The van der Waals surface area contributed by atoms with Crippen molar-refractivity contribution in [1.82, 2.24) is 5.32 Å². The van der Waals surface area contributed by atoms with Gasteiger partial charge in [0, 0.05) is 12.6 Å². The number of halogens is 4. The average molecular weight is 275 g/mol. The Morgan fingerprint density at radius 1 is 1.26 bits per heavy atom. The summed E-state index contributed by atoms with van der Waals surface area (Å²) in [5.41, 5.74) is -0.598. The Balaban J connectivity index is 2.01. The molecule has 1 atom stereocenters. The molecule has 0 aliphatic heterocycles. The van der Waals surface area contributed by atoms with E-state index >= 15 is 0 Å². The Labute approximate surface area is 110 Å². The predicted octanol–water partition coefficient (Wildman–Crippen LogP) is 4.12. The molecule has 0 amide bonds. The molecule has 1 unspecified atom stereocenters. The zero-order chi connectivity index (χ0) is 14.0. The Morgan fingerprint density at radius 3 is 2.47 bits per heavy atom. The average Bonchev–Trinajstić information content (AvgIpc) is 2.22. The highest BCUT2D eigenvalue weighted by molar-refractivity contribution is 5.26. The van der Waals surface area contributed by atoms with Crippen LogP contribution >= 0.6 is 0 Å². The quantitative estimate of drug-likeness (QED) is 0.815. The van der Waals surface area contributed by atoms with Crippen LogP contribution in [0.3, 0.4) is 0 Å². The molecule has 0 radical (unpaired) electrons. The zero-order valence-corrected chi connectivity index (χ0v) is 10.7. The topological polar surface area (TPSA) is 12.0 Å². The Bertz CT molecular complexity index is 438. The van der Waals surface area contributed by atoms with Crippen molar-refractivity contribution >= 4 is 0 Å². The maximum atomic E-state index is 13.2. The van der Waals surface area contributed by atoms with Gasteiger partial charge in [-0.1, -0.05) is 6.42 Å². The molecular formula is C14H17F4N. The molecule has 0 bridgehead atoms. The van der Waals surface area contributed by atoms with Gasteiger partial charge >= 0.3 is 6.18 Å². The van der Waals surface area contributed by atoms with Crippen LogP contribution in [0.2, 0.25) is 0 Å². The van der Waals surface area contributed by atoms with Gasteiger partial charge in [-0.25, -0.2) is 4.39 Å². The number of benzene rings is 1. The molecule has 106 valence electrons. The van der Waals surface area contributed by atoms with Gasteiger partial charge in [0.2, 0.25) is 0 Å². The van der Waals surface area contributed by atoms with E-state index in [-0.39, 0.29) is 12.6 Å². The van der Waals surface area contributed by atoms with Crippen LogP contribution in [0.1, 0.15) is 37.3 Å². The van der Waals surface area contributed by atoms with Crippen LogP contribution in [-0.2, 0) is 12.7 Å². The third-order valence-electron chi connectivity index (χ3n) is 3.77. The van der Waals surface area contributed by atoms with Gasteiger partial charge in [-0.15, -0.1) is 0 Å². The normalized spacial score (nSPS) is 18.2. The summed E-state index contributed by atoms with van der Waals surface area (Å²) in [5, 5.41) is 3.17. The molecule has 1 aromatic rings. The van der Waals surface area contributed by atoms with Crippen LogP contribution in [-0.4, -0.2) is 6.04 Å². The summed E-state index contributed by atoms with van der Waals surface area (Å²) >= 11 is 0. The van der Waals surface area contributed by atoms with Crippen molar-refractivity contribution in [1.29, 1.82) is 0 Å². The van der Waals surface area contributed by atoms with Crippen LogP contribution < -0.4 is 5.32 Å². The van der Waals surface area contributed by atoms with E-state index in [1.54, 1.807) is 0 Å². The van der Waals surface area contributed by atoms with E-state index in [1.165, 1.54) is 6.42 Å². The van der Waals surface area contributed by atoms with E-state index in [9.17, 15) is 17.6 Å². The largest absolute Gasteiger partial charge is 0.416 e. The van der Waals surface area contributed by atoms with E-state index in [2.05, 4.69) is 5.32 Å². The highest BCUT2D eigenvalue weighted by Gasteiger charge is 2.31. The van der Waals surface area contributed by atoms with Gasteiger partial charge in [0.05, 0.1) is 5.56 Å². The molecule has 1 N–H and O–H groups in total. The lowest BCUT2D eigenvalue weighted by atomic mass is 9.80. The van der Waals surface area contributed by atoms with Crippen LogP contribution in [0.4, 0.5) is 17.6 Å². The maximum absolute atomic E-state index is 13.2. The molecule has 2 rings (SSSR count). The SMILES string of the molecule is CC(NCc1cc(F)cc(C(F)(F)F)c1)C1CCC1. The number of hydrogen-bond donors (Lipinski definition) is 1. The van der Waals surface area contributed by atoms with E-state index in [0.717, 1.165) is 25.0 Å².